The monoisotopic (exact) mass is 726 g/mol. The molecule has 3 aromatic heterocycles. The van der Waals surface area contributed by atoms with Crippen LogP contribution in [-0.2, 0) is 0 Å². The lowest BCUT2D eigenvalue weighted by atomic mass is 9.92. The fraction of sp³-hybridized carbons (Fsp3) is 0. The molecule has 0 amide bonds. The first kappa shape index (κ1) is 32.7. The predicted molar refractivity (Wildman–Crippen MR) is 236 cm³/mol. The summed E-state index contributed by atoms with van der Waals surface area (Å²) < 4.78 is 2.35. The Labute approximate surface area is 330 Å². The van der Waals surface area contributed by atoms with Gasteiger partial charge in [-0.3, -0.25) is 0 Å². The molecular weight excluding hydrogens is 693 g/mol. The Morgan fingerprint density at radius 3 is 1.58 bits per heavy atom. The summed E-state index contributed by atoms with van der Waals surface area (Å²) in [4.78, 5) is 15.6. The summed E-state index contributed by atoms with van der Waals surface area (Å²) in [6.45, 7) is 0. The van der Waals surface area contributed by atoms with Crippen LogP contribution in [0.25, 0.3) is 105 Å². The van der Waals surface area contributed by atoms with Crippen LogP contribution in [0.2, 0.25) is 0 Å². The highest BCUT2D eigenvalue weighted by atomic mass is 15.0. The van der Waals surface area contributed by atoms with Crippen LogP contribution in [0.1, 0.15) is 0 Å². The van der Waals surface area contributed by atoms with Crippen molar-refractivity contribution in [3.05, 3.63) is 206 Å². The van der Waals surface area contributed by atoms with Crippen LogP contribution in [0, 0.1) is 0 Å². The van der Waals surface area contributed by atoms with Crippen molar-refractivity contribution < 1.29 is 0 Å². The van der Waals surface area contributed by atoms with Gasteiger partial charge in [0.2, 0.25) is 0 Å². The summed E-state index contributed by atoms with van der Waals surface area (Å²) in [5.41, 5.74) is 13.5. The van der Waals surface area contributed by atoms with Crippen molar-refractivity contribution >= 4 is 43.5 Å². The number of fused-ring (bicyclic) bond motifs is 6. The zero-order valence-corrected chi connectivity index (χ0v) is 30.9. The van der Waals surface area contributed by atoms with E-state index in [9.17, 15) is 0 Å². The Kier molecular flexibility index (Phi) is 7.78. The first-order valence-corrected chi connectivity index (χ1v) is 19.3. The Morgan fingerprint density at radius 1 is 0.333 bits per heavy atom. The Morgan fingerprint density at radius 2 is 0.860 bits per heavy atom. The highest BCUT2D eigenvalue weighted by Gasteiger charge is 2.17. The maximum Gasteiger partial charge on any atom is 0.160 e. The van der Waals surface area contributed by atoms with Gasteiger partial charge >= 0.3 is 0 Å². The quantitative estimate of drug-likeness (QED) is 0.160. The van der Waals surface area contributed by atoms with Gasteiger partial charge in [0.05, 0.1) is 33.6 Å². The number of para-hydroxylation sites is 3. The summed E-state index contributed by atoms with van der Waals surface area (Å²) >= 11 is 0. The first-order valence-electron chi connectivity index (χ1n) is 19.3. The molecule has 4 nitrogen and oxygen atoms in total. The highest BCUT2D eigenvalue weighted by molar-refractivity contribution is 6.17. The smallest absolute Gasteiger partial charge is 0.160 e. The van der Waals surface area contributed by atoms with Crippen LogP contribution in [0.15, 0.2) is 206 Å². The van der Waals surface area contributed by atoms with E-state index in [4.69, 9.17) is 15.0 Å². The second kappa shape index (κ2) is 13.6. The molecule has 0 unspecified atom stereocenters. The molecule has 8 aromatic carbocycles. The Hall–Kier alpha value is -7.69. The average molecular weight is 727 g/mol. The van der Waals surface area contributed by atoms with Crippen molar-refractivity contribution in [2.75, 3.05) is 0 Å². The van der Waals surface area contributed by atoms with Crippen molar-refractivity contribution in [1.29, 1.82) is 0 Å². The third-order valence-corrected chi connectivity index (χ3v) is 11.0. The third kappa shape index (κ3) is 5.66. The van der Waals surface area contributed by atoms with E-state index >= 15 is 0 Å². The largest absolute Gasteiger partial charge is 0.309 e. The number of nitrogens with zero attached hydrogens (tertiary/aromatic N) is 4. The van der Waals surface area contributed by atoms with Crippen molar-refractivity contribution in [2.24, 2.45) is 0 Å². The van der Waals surface area contributed by atoms with Crippen LogP contribution in [0.5, 0.6) is 0 Å². The maximum absolute atomic E-state index is 5.23. The lowest BCUT2D eigenvalue weighted by Gasteiger charge is -2.15. The number of hydrogen-bond donors (Lipinski definition) is 0. The molecule has 11 aromatic rings. The number of rotatable bonds is 6. The van der Waals surface area contributed by atoms with E-state index in [0.717, 1.165) is 72.4 Å². The zero-order valence-electron chi connectivity index (χ0n) is 30.9. The number of pyridine rings is 1. The van der Waals surface area contributed by atoms with Gasteiger partial charge in [0, 0.05) is 54.9 Å². The molecule has 0 radical (unpaired) electrons. The van der Waals surface area contributed by atoms with E-state index < -0.39 is 0 Å². The summed E-state index contributed by atoms with van der Waals surface area (Å²) in [5, 5.41) is 5.92. The number of aromatic nitrogens is 4. The first-order chi connectivity index (χ1) is 28.3. The molecule has 0 saturated carbocycles. The van der Waals surface area contributed by atoms with Gasteiger partial charge in [0.15, 0.2) is 5.82 Å². The summed E-state index contributed by atoms with van der Waals surface area (Å²) in [6, 6.07) is 72.6. The van der Waals surface area contributed by atoms with E-state index in [2.05, 4.69) is 187 Å². The SMILES string of the molecule is c1ccc(-c2nc(-c3cccc(-c4cccc5c(-c6ccccc6)nc6ccccc6c45)c3)cc(-c3cccc(-n4c5ccccc5c5ccccc54)c3)n2)cc1. The molecule has 11 rings (SSSR count). The van der Waals surface area contributed by atoms with Crippen LogP contribution in [-0.4, -0.2) is 19.5 Å². The highest BCUT2D eigenvalue weighted by Crippen LogP contribution is 2.40. The topological polar surface area (TPSA) is 43.6 Å². The predicted octanol–water partition coefficient (Wildman–Crippen LogP) is 13.6. The molecule has 0 aliphatic carbocycles. The van der Waals surface area contributed by atoms with Crippen LogP contribution in [0.3, 0.4) is 0 Å². The van der Waals surface area contributed by atoms with E-state index in [-0.39, 0.29) is 0 Å². The minimum atomic E-state index is 0.686. The molecule has 0 fully saturated rings. The van der Waals surface area contributed by atoms with Gasteiger partial charge in [-0.1, -0.05) is 164 Å². The average Bonchev–Trinajstić information content (AvgIpc) is 3.63. The summed E-state index contributed by atoms with van der Waals surface area (Å²) in [7, 11) is 0. The normalized spacial score (nSPS) is 11.5. The molecule has 0 aliphatic heterocycles. The molecule has 0 N–H and O–H groups in total. The summed E-state index contributed by atoms with van der Waals surface area (Å²) in [5.74, 6) is 0.686. The fourth-order valence-electron chi connectivity index (χ4n) is 8.37. The standard InChI is InChI=1S/C53H34N4/c1-3-16-35(17-4-1)52-45-28-15-27-41(51(45)44-26-7-10-29-46(44)54-52)37-20-13-21-38(32-37)47-34-48(56-53(55-47)36-18-5-2-6-19-36)39-22-14-23-40(33-39)57-49-30-11-8-24-42(49)43-25-9-12-31-50(43)57/h1-34H. The lowest BCUT2D eigenvalue weighted by molar-refractivity contribution is 1.16. The van der Waals surface area contributed by atoms with Crippen LogP contribution in [0.4, 0.5) is 0 Å². The van der Waals surface area contributed by atoms with Gasteiger partial charge in [-0.25, -0.2) is 15.0 Å². The molecule has 0 saturated heterocycles. The van der Waals surface area contributed by atoms with Gasteiger partial charge in [0.1, 0.15) is 0 Å². The van der Waals surface area contributed by atoms with E-state index in [1.165, 1.54) is 27.2 Å². The minimum absolute atomic E-state index is 0.686. The van der Waals surface area contributed by atoms with Crippen LogP contribution < -0.4 is 0 Å². The second-order valence-electron chi connectivity index (χ2n) is 14.4. The van der Waals surface area contributed by atoms with E-state index in [1.54, 1.807) is 0 Å². The molecule has 0 bridgehead atoms. The molecule has 0 spiro atoms. The molecule has 0 atom stereocenters. The molecule has 57 heavy (non-hydrogen) atoms. The van der Waals surface area contributed by atoms with Crippen LogP contribution >= 0.6 is 0 Å². The van der Waals surface area contributed by atoms with Gasteiger partial charge in [-0.05, 0) is 53.6 Å². The van der Waals surface area contributed by atoms with Crippen molar-refractivity contribution in [2.45, 2.75) is 0 Å². The van der Waals surface area contributed by atoms with Crippen molar-refractivity contribution in [3.63, 3.8) is 0 Å². The molecular formula is C53H34N4. The van der Waals surface area contributed by atoms with Gasteiger partial charge in [0.25, 0.3) is 0 Å². The maximum atomic E-state index is 5.23. The lowest BCUT2D eigenvalue weighted by Crippen LogP contribution is -1.98. The zero-order chi connectivity index (χ0) is 37.7. The minimum Gasteiger partial charge on any atom is -0.309 e. The third-order valence-electron chi connectivity index (χ3n) is 11.0. The van der Waals surface area contributed by atoms with Gasteiger partial charge < -0.3 is 4.57 Å². The second-order valence-corrected chi connectivity index (χ2v) is 14.4. The van der Waals surface area contributed by atoms with E-state index in [1.807, 2.05) is 24.3 Å². The van der Waals surface area contributed by atoms with Crippen molar-refractivity contribution in [3.8, 4) is 62.0 Å². The molecule has 0 aliphatic rings. The molecule has 3 heterocycles. The van der Waals surface area contributed by atoms with Crippen molar-refractivity contribution in [1.82, 2.24) is 19.5 Å². The van der Waals surface area contributed by atoms with E-state index in [0.29, 0.717) is 5.82 Å². The summed E-state index contributed by atoms with van der Waals surface area (Å²) in [6.07, 6.45) is 0. The molecule has 4 heteroatoms. The Bertz CT molecular complexity index is 3240. The number of hydrogen-bond acceptors (Lipinski definition) is 3. The Balaban J connectivity index is 1.09. The van der Waals surface area contributed by atoms with Gasteiger partial charge in [-0.2, -0.15) is 0 Å². The number of benzene rings is 8. The van der Waals surface area contributed by atoms with Gasteiger partial charge in [-0.15, -0.1) is 0 Å². The molecule has 266 valence electrons. The fourth-order valence-corrected chi connectivity index (χ4v) is 8.37.